The molecule has 0 aliphatic rings. The van der Waals surface area contributed by atoms with Gasteiger partial charge >= 0.3 is 5.97 Å². The molecule has 0 fully saturated rings. The van der Waals surface area contributed by atoms with E-state index in [1.807, 2.05) is 0 Å². The molecule has 0 saturated carbocycles. The van der Waals surface area contributed by atoms with Crippen molar-refractivity contribution in [2.24, 2.45) is 0 Å². The van der Waals surface area contributed by atoms with Crippen LogP contribution in [0.25, 0.3) is 22.7 Å². The van der Waals surface area contributed by atoms with Gasteiger partial charge in [0.25, 0.3) is 5.89 Å². The molecule has 0 atom stereocenters. The molecule has 0 unspecified atom stereocenters. The SMILES string of the molecule is COc1ccc(-c2noc(COC(=O)c3ccc(-c4ccc(F)cc4)o3)n2)cc1. The van der Waals surface area contributed by atoms with E-state index in [2.05, 4.69) is 10.1 Å². The normalized spacial score (nSPS) is 10.7. The molecule has 2 aromatic heterocycles. The van der Waals surface area contributed by atoms with Crippen LogP contribution in [0.15, 0.2) is 69.6 Å². The van der Waals surface area contributed by atoms with Crippen LogP contribution in [0.3, 0.4) is 0 Å². The molecule has 0 saturated heterocycles. The number of hydrogen-bond acceptors (Lipinski definition) is 7. The highest BCUT2D eigenvalue weighted by molar-refractivity contribution is 5.87. The minimum Gasteiger partial charge on any atom is -0.497 e. The third kappa shape index (κ3) is 4.16. The molecule has 0 aliphatic heterocycles. The van der Waals surface area contributed by atoms with E-state index >= 15 is 0 Å². The molecule has 7 nitrogen and oxygen atoms in total. The molecule has 4 rings (SSSR count). The molecule has 2 heterocycles. The Morgan fingerprint density at radius 2 is 1.72 bits per heavy atom. The van der Waals surface area contributed by atoms with Gasteiger partial charge in [-0.1, -0.05) is 5.16 Å². The summed E-state index contributed by atoms with van der Waals surface area (Å²) in [6.07, 6.45) is 0. The molecule has 2 aromatic carbocycles. The predicted octanol–water partition coefficient (Wildman–Crippen LogP) is 4.50. The monoisotopic (exact) mass is 394 g/mol. The number of carbonyl (C=O) groups is 1. The largest absolute Gasteiger partial charge is 0.497 e. The topological polar surface area (TPSA) is 87.6 Å². The quantitative estimate of drug-likeness (QED) is 0.445. The summed E-state index contributed by atoms with van der Waals surface area (Å²) in [6, 6.07) is 16.0. The second-order valence-corrected chi connectivity index (χ2v) is 5.99. The Morgan fingerprint density at radius 1 is 1.00 bits per heavy atom. The van der Waals surface area contributed by atoms with Crippen molar-refractivity contribution < 1.29 is 27.6 Å². The van der Waals surface area contributed by atoms with Crippen LogP contribution in [-0.4, -0.2) is 23.2 Å². The van der Waals surface area contributed by atoms with Crippen molar-refractivity contribution in [3.05, 3.63) is 78.1 Å². The van der Waals surface area contributed by atoms with Gasteiger partial charge in [0.2, 0.25) is 11.6 Å². The number of carbonyl (C=O) groups excluding carboxylic acids is 1. The van der Waals surface area contributed by atoms with E-state index in [0.717, 1.165) is 5.56 Å². The zero-order valence-corrected chi connectivity index (χ0v) is 15.3. The third-order valence-electron chi connectivity index (χ3n) is 4.08. The molecule has 146 valence electrons. The Balaban J connectivity index is 1.38. The average Bonchev–Trinajstić information content (AvgIpc) is 3.43. The Labute approximate surface area is 164 Å². The van der Waals surface area contributed by atoms with E-state index < -0.39 is 5.97 Å². The van der Waals surface area contributed by atoms with Crippen molar-refractivity contribution >= 4 is 5.97 Å². The Morgan fingerprint density at radius 3 is 2.45 bits per heavy atom. The standard InChI is InChI=1S/C21H15FN2O5/c1-26-16-8-4-14(5-9-16)20-23-19(29-24-20)12-27-21(25)18-11-10-17(28-18)13-2-6-15(22)7-3-13/h2-11H,12H2,1H3. The van der Waals surface area contributed by atoms with Crippen LogP contribution >= 0.6 is 0 Å². The zero-order valence-electron chi connectivity index (χ0n) is 15.3. The fourth-order valence-electron chi connectivity index (χ4n) is 2.59. The molecule has 0 bridgehead atoms. The van der Waals surface area contributed by atoms with Crippen LogP contribution in [0, 0.1) is 5.82 Å². The summed E-state index contributed by atoms with van der Waals surface area (Å²) < 4.78 is 33.9. The first-order valence-corrected chi connectivity index (χ1v) is 8.62. The van der Waals surface area contributed by atoms with Gasteiger partial charge in [-0.2, -0.15) is 4.98 Å². The number of benzene rings is 2. The number of nitrogens with zero attached hydrogens (tertiary/aromatic N) is 2. The summed E-state index contributed by atoms with van der Waals surface area (Å²) >= 11 is 0. The van der Waals surface area contributed by atoms with Crippen LogP contribution in [-0.2, 0) is 11.3 Å². The summed E-state index contributed by atoms with van der Waals surface area (Å²) in [5.41, 5.74) is 1.38. The van der Waals surface area contributed by atoms with Crippen LogP contribution in [0.4, 0.5) is 4.39 Å². The molecule has 0 spiro atoms. The summed E-state index contributed by atoms with van der Waals surface area (Å²) in [7, 11) is 1.58. The number of halogens is 1. The summed E-state index contributed by atoms with van der Waals surface area (Å²) in [5, 5.41) is 3.87. The maximum Gasteiger partial charge on any atom is 0.374 e. The van der Waals surface area contributed by atoms with Gasteiger partial charge in [-0.3, -0.25) is 0 Å². The minimum atomic E-state index is -0.678. The molecule has 4 aromatic rings. The second-order valence-electron chi connectivity index (χ2n) is 5.99. The second kappa shape index (κ2) is 7.97. The Hall–Kier alpha value is -3.94. The number of rotatable bonds is 6. The summed E-state index contributed by atoms with van der Waals surface area (Å²) in [5.74, 6) is 0.640. The number of methoxy groups -OCH3 is 1. The van der Waals surface area contributed by atoms with Crippen molar-refractivity contribution in [2.75, 3.05) is 7.11 Å². The van der Waals surface area contributed by atoms with Crippen molar-refractivity contribution in [3.63, 3.8) is 0 Å². The van der Waals surface area contributed by atoms with E-state index in [0.29, 0.717) is 22.9 Å². The Kier molecular flexibility index (Phi) is 5.07. The molecular formula is C21H15FN2O5. The lowest BCUT2D eigenvalue weighted by atomic mass is 10.2. The molecular weight excluding hydrogens is 379 g/mol. The van der Waals surface area contributed by atoms with Crippen molar-refractivity contribution in [3.8, 4) is 28.5 Å². The van der Waals surface area contributed by atoms with E-state index in [1.54, 1.807) is 49.6 Å². The lowest BCUT2D eigenvalue weighted by molar-refractivity contribution is 0.0394. The lowest BCUT2D eigenvalue weighted by Gasteiger charge is -2.00. The number of furan rings is 1. The third-order valence-corrected chi connectivity index (χ3v) is 4.08. The summed E-state index contributed by atoms with van der Waals surface area (Å²) in [4.78, 5) is 16.4. The van der Waals surface area contributed by atoms with Gasteiger partial charge < -0.3 is 18.4 Å². The van der Waals surface area contributed by atoms with Crippen LogP contribution < -0.4 is 4.74 Å². The molecule has 0 amide bonds. The van der Waals surface area contributed by atoms with Gasteiger partial charge in [-0.25, -0.2) is 9.18 Å². The van der Waals surface area contributed by atoms with Crippen LogP contribution in [0.2, 0.25) is 0 Å². The fourth-order valence-corrected chi connectivity index (χ4v) is 2.59. The average molecular weight is 394 g/mol. The van der Waals surface area contributed by atoms with Crippen molar-refractivity contribution in [1.82, 2.24) is 10.1 Å². The highest BCUT2D eigenvalue weighted by atomic mass is 19.1. The first kappa shape index (κ1) is 18.4. The first-order chi connectivity index (χ1) is 14.1. The molecule has 8 heteroatoms. The van der Waals surface area contributed by atoms with Gasteiger partial charge in [0.05, 0.1) is 7.11 Å². The van der Waals surface area contributed by atoms with Crippen LogP contribution in [0.5, 0.6) is 5.75 Å². The number of hydrogen-bond donors (Lipinski definition) is 0. The number of ether oxygens (including phenoxy) is 2. The van der Waals surface area contributed by atoms with Crippen molar-refractivity contribution in [2.45, 2.75) is 6.61 Å². The fraction of sp³-hybridized carbons (Fsp3) is 0.0952. The van der Waals surface area contributed by atoms with E-state index in [-0.39, 0.29) is 24.1 Å². The van der Waals surface area contributed by atoms with Gasteiger partial charge in [-0.05, 0) is 60.7 Å². The predicted molar refractivity (Wildman–Crippen MR) is 99.5 cm³/mol. The Bertz CT molecular complexity index is 1120. The van der Waals surface area contributed by atoms with E-state index in [4.69, 9.17) is 18.4 Å². The molecule has 29 heavy (non-hydrogen) atoms. The molecule has 0 N–H and O–H groups in total. The lowest BCUT2D eigenvalue weighted by Crippen LogP contribution is -2.04. The highest BCUT2D eigenvalue weighted by Gasteiger charge is 2.16. The van der Waals surface area contributed by atoms with Gasteiger partial charge in [0.1, 0.15) is 17.3 Å². The van der Waals surface area contributed by atoms with E-state index in [1.165, 1.54) is 18.2 Å². The van der Waals surface area contributed by atoms with Crippen LogP contribution in [0.1, 0.15) is 16.4 Å². The molecule has 0 aliphatic carbocycles. The number of esters is 1. The zero-order chi connectivity index (χ0) is 20.2. The van der Waals surface area contributed by atoms with Crippen molar-refractivity contribution in [1.29, 1.82) is 0 Å². The minimum absolute atomic E-state index is 0.0132. The first-order valence-electron chi connectivity index (χ1n) is 8.62. The maximum atomic E-state index is 13.0. The van der Waals surface area contributed by atoms with Gasteiger partial charge in [0, 0.05) is 11.1 Å². The summed E-state index contributed by atoms with van der Waals surface area (Å²) in [6.45, 7) is -0.200. The highest BCUT2D eigenvalue weighted by Crippen LogP contribution is 2.23. The number of aromatic nitrogens is 2. The van der Waals surface area contributed by atoms with Gasteiger partial charge in [0.15, 0.2) is 6.61 Å². The maximum absolute atomic E-state index is 13.0. The molecule has 0 radical (unpaired) electrons. The van der Waals surface area contributed by atoms with Gasteiger partial charge in [-0.15, -0.1) is 0 Å². The smallest absolute Gasteiger partial charge is 0.374 e. The van der Waals surface area contributed by atoms with E-state index in [9.17, 15) is 9.18 Å².